The maximum absolute atomic E-state index is 12.5. The van der Waals surface area contributed by atoms with Crippen LogP contribution in [0.4, 0.5) is 5.69 Å². The number of anilines is 1. The molecule has 0 aliphatic carbocycles. The Morgan fingerprint density at radius 1 is 0.973 bits per heavy atom. The number of aromatic amines is 1. The first kappa shape index (κ1) is 27.9. The van der Waals surface area contributed by atoms with Gasteiger partial charge in [-0.1, -0.05) is 24.3 Å². The minimum absolute atomic E-state index is 0. The van der Waals surface area contributed by atoms with Crippen LogP contribution in [0.2, 0.25) is 0 Å². The molecule has 4 rings (SSSR count). The Morgan fingerprint density at radius 3 is 2.46 bits per heavy atom. The van der Waals surface area contributed by atoms with Gasteiger partial charge in [-0.05, 0) is 67.1 Å². The van der Waals surface area contributed by atoms with Gasteiger partial charge in [-0.3, -0.25) is 4.79 Å². The molecule has 0 saturated heterocycles. The summed E-state index contributed by atoms with van der Waals surface area (Å²) in [6, 6.07) is 22.5. The molecule has 0 spiro atoms. The number of nitrogens with one attached hydrogen (secondary N) is 3. The van der Waals surface area contributed by atoms with Gasteiger partial charge in [-0.25, -0.2) is 0 Å². The number of hydrogen-bond acceptors (Lipinski definition) is 6. The third kappa shape index (κ3) is 7.63. The van der Waals surface area contributed by atoms with Crippen LogP contribution < -0.4 is 24.8 Å². The van der Waals surface area contributed by atoms with E-state index in [0.29, 0.717) is 41.7 Å². The van der Waals surface area contributed by atoms with Crippen molar-refractivity contribution in [2.75, 3.05) is 39.2 Å². The highest BCUT2D eigenvalue weighted by atomic mass is 35.5. The van der Waals surface area contributed by atoms with Gasteiger partial charge >= 0.3 is 0 Å². The first-order valence-corrected chi connectivity index (χ1v) is 11.8. The van der Waals surface area contributed by atoms with E-state index in [1.807, 2.05) is 48.5 Å². The molecule has 0 aliphatic heterocycles. The molecule has 0 fully saturated rings. The molecule has 0 aliphatic rings. The maximum Gasteiger partial charge on any atom is 0.272 e. The number of amides is 1. The molecule has 3 aromatic carbocycles. The number of fused-ring (bicyclic) bond motifs is 1. The summed E-state index contributed by atoms with van der Waals surface area (Å²) < 4.78 is 16.3. The summed E-state index contributed by atoms with van der Waals surface area (Å²) in [5.74, 6) is 1.80. The second kappa shape index (κ2) is 13.5. The van der Waals surface area contributed by atoms with Gasteiger partial charge in [0.15, 0.2) is 11.5 Å². The van der Waals surface area contributed by atoms with Crippen LogP contribution in [0.25, 0.3) is 10.9 Å². The number of carbonyl (C=O) groups excluding carboxylic acids is 1. The molecule has 1 aromatic heterocycles. The lowest BCUT2D eigenvalue weighted by molar-refractivity contribution is 0.102. The van der Waals surface area contributed by atoms with Gasteiger partial charge in [0.25, 0.3) is 5.91 Å². The molecule has 1 unspecified atom stereocenters. The number of aromatic nitrogens is 1. The quantitative estimate of drug-likeness (QED) is 0.204. The normalized spacial score (nSPS) is 11.4. The van der Waals surface area contributed by atoms with Crippen LogP contribution in [0.15, 0.2) is 72.8 Å². The monoisotopic (exact) mass is 525 g/mol. The Bertz CT molecular complexity index is 1260. The number of H-pyrrole nitrogens is 1. The zero-order chi connectivity index (χ0) is 25.3. The van der Waals surface area contributed by atoms with Crippen LogP contribution in [-0.2, 0) is 6.42 Å². The predicted molar refractivity (Wildman–Crippen MR) is 148 cm³/mol. The fourth-order valence-electron chi connectivity index (χ4n) is 3.82. The number of rotatable bonds is 12. The van der Waals surface area contributed by atoms with E-state index in [1.165, 1.54) is 0 Å². The lowest BCUT2D eigenvalue weighted by Gasteiger charge is -2.14. The van der Waals surface area contributed by atoms with Crippen LogP contribution >= 0.6 is 12.4 Å². The van der Waals surface area contributed by atoms with E-state index in [-0.39, 0.29) is 24.9 Å². The van der Waals surface area contributed by atoms with E-state index in [9.17, 15) is 9.90 Å². The summed E-state index contributed by atoms with van der Waals surface area (Å²) in [6.07, 6.45) is 0.136. The number of aliphatic hydroxyl groups is 1. The molecular formula is C28H32ClN3O5. The summed E-state index contributed by atoms with van der Waals surface area (Å²) in [6.45, 7) is 1.27. The molecule has 196 valence electrons. The lowest BCUT2D eigenvalue weighted by Crippen LogP contribution is -2.32. The zero-order valence-electron chi connectivity index (χ0n) is 20.8. The Morgan fingerprint density at radius 2 is 1.73 bits per heavy atom. The van der Waals surface area contributed by atoms with Crippen LogP contribution in [0, 0.1) is 0 Å². The molecule has 0 radical (unpaired) electrons. The molecule has 37 heavy (non-hydrogen) atoms. The van der Waals surface area contributed by atoms with Crippen molar-refractivity contribution in [1.29, 1.82) is 0 Å². The molecule has 8 nitrogen and oxygen atoms in total. The number of carbonyl (C=O) groups is 1. The second-order valence-corrected chi connectivity index (χ2v) is 8.36. The van der Waals surface area contributed by atoms with E-state index < -0.39 is 6.10 Å². The van der Waals surface area contributed by atoms with Crippen molar-refractivity contribution in [2.45, 2.75) is 12.5 Å². The van der Waals surface area contributed by atoms with Crippen molar-refractivity contribution in [1.82, 2.24) is 10.3 Å². The van der Waals surface area contributed by atoms with E-state index in [2.05, 4.69) is 15.6 Å². The molecular weight excluding hydrogens is 494 g/mol. The zero-order valence-corrected chi connectivity index (χ0v) is 21.6. The van der Waals surface area contributed by atoms with Crippen molar-refractivity contribution in [3.63, 3.8) is 0 Å². The summed E-state index contributed by atoms with van der Waals surface area (Å²) in [5, 5.41) is 17.3. The van der Waals surface area contributed by atoms with E-state index in [4.69, 9.17) is 14.2 Å². The van der Waals surface area contributed by atoms with Gasteiger partial charge in [-0.15, -0.1) is 12.4 Å². The van der Waals surface area contributed by atoms with Gasteiger partial charge in [0.1, 0.15) is 24.2 Å². The largest absolute Gasteiger partial charge is 0.493 e. The molecule has 0 saturated carbocycles. The average Bonchev–Trinajstić information content (AvgIpc) is 3.35. The summed E-state index contributed by atoms with van der Waals surface area (Å²) in [7, 11) is 3.23. The van der Waals surface area contributed by atoms with Crippen molar-refractivity contribution in [3.05, 3.63) is 84.1 Å². The van der Waals surface area contributed by atoms with E-state index in [0.717, 1.165) is 22.9 Å². The number of para-hydroxylation sites is 1. The topological polar surface area (TPSA) is 105 Å². The van der Waals surface area contributed by atoms with Crippen LogP contribution in [0.1, 0.15) is 16.1 Å². The van der Waals surface area contributed by atoms with Gasteiger partial charge in [0, 0.05) is 23.1 Å². The first-order valence-electron chi connectivity index (χ1n) is 11.8. The third-order valence-electron chi connectivity index (χ3n) is 5.75. The maximum atomic E-state index is 12.5. The Labute approximate surface area is 222 Å². The van der Waals surface area contributed by atoms with Crippen molar-refractivity contribution in [3.8, 4) is 17.2 Å². The van der Waals surface area contributed by atoms with Crippen LogP contribution in [0.3, 0.4) is 0 Å². The summed E-state index contributed by atoms with van der Waals surface area (Å²) in [5.41, 5.74) is 3.18. The number of aliphatic hydroxyl groups excluding tert-OH is 1. The van der Waals surface area contributed by atoms with Crippen LogP contribution in [-0.4, -0.2) is 56.0 Å². The second-order valence-electron chi connectivity index (χ2n) is 8.36. The SMILES string of the molecule is COc1ccc(CCNCC(O)COc2ccc(NC(=O)c3cc4ccccc4[nH]3)cc2)cc1OC.Cl. The van der Waals surface area contributed by atoms with Crippen molar-refractivity contribution >= 4 is 34.9 Å². The molecule has 4 N–H and O–H groups in total. The third-order valence-corrected chi connectivity index (χ3v) is 5.75. The molecule has 1 atom stereocenters. The van der Waals surface area contributed by atoms with Gasteiger partial charge in [0.2, 0.25) is 0 Å². The van der Waals surface area contributed by atoms with E-state index >= 15 is 0 Å². The standard InChI is InChI=1S/C28H31N3O5.ClH/c1-34-26-12-7-19(15-27(26)35-2)13-14-29-17-22(32)18-36-23-10-8-21(9-11-23)30-28(33)25-16-20-5-3-4-6-24(20)31-25;/h3-12,15-16,22,29,31-32H,13-14,17-18H2,1-2H3,(H,30,33);1H. The number of methoxy groups -OCH3 is 2. The Hall–Kier alpha value is -3.72. The van der Waals surface area contributed by atoms with E-state index in [1.54, 1.807) is 38.5 Å². The number of ether oxygens (including phenoxy) is 3. The van der Waals surface area contributed by atoms with Crippen LogP contribution in [0.5, 0.6) is 17.2 Å². The highest BCUT2D eigenvalue weighted by Crippen LogP contribution is 2.27. The number of halogens is 1. The fourth-order valence-corrected chi connectivity index (χ4v) is 3.82. The highest BCUT2D eigenvalue weighted by Gasteiger charge is 2.10. The Kier molecular flexibility index (Phi) is 10.2. The predicted octanol–water partition coefficient (Wildman–Crippen LogP) is 4.43. The minimum Gasteiger partial charge on any atom is -0.493 e. The molecule has 1 amide bonds. The minimum atomic E-state index is -0.656. The lowest BCUT2D eigenvalue weighted by atomic mass is 10.1. The fraction of sp³-hybridized carbons (Fsp3) is 0.250. The summed E-state index contributed by atoms with van der Waals surface area (Å²) >= 11 is 0. The van der Waals surface area contributed by atoms with Gasteiger partial charge in [-0.2, -0.15) is 0 Å². The molecule has 9 heteroatoms. The van der Waals surface area contributed by atoms with Crippen molar-refractivity contribution < 1.29 is 24.1 Å². The summed E-state index contributed by atoms with van der Waals surface area (Å²) in [4.78, 5) is 15.7. The molecule has 4 aromatic rings. The average molecular weight is 526 g/mol. The Balaban J connectivity index is 0.00000380. The smallest absolute Gasteiger partial charge is 0.272 e. The number of hydrogen-bond donors (Lipinski definition) is 4. The molecule has 1 heterocycles. The van der Waals surface area contributed by atoms with Gasteiger partial charge in [0.05, 0.1) is 14.2 Å². The van der Waals surface area contributed by atoms with Crippen molar-refractivity contribution in [2.24, 2.45) is 0 Å². The number of benzene rings is 3. The first-order chi connectivity index (χ1) is 17.6. The highest BCUT2D eigenvalue weighted by molar-refractivity contribution is 6.05. The molecule has 0 bridgehead atoms. The van der Waals surface area contributed by atoms with Gasteiger partial charge < -0.3 is 34.9 Å².